The molecule has 0 atom stereocenters. The zero-order chi connectivity index (χ0) is 10.9. The van der Waals surface area contributed by atoms with Gasteiger partial charge in [-0.2, -0.15) is 0 Å². The minimum absolute atomic E-state index is 0.716. The maximum absolute atomic E-state index is 8.55. The van der Waals surface area contributed by atoms with Gasteiger partial charge in [0.25, 0.3) is 6.26 Å². The van der Waals surface area contributed by atoms with Crippen LogP contribution >= 0.6 is 0 Å². The normalized spacial score (nSPS) is 9.71. The highest BCUT2D eigenvalue weighted by atomic mass is 16.5. The molecule has 1 rings (SSSR count). The second-order valence-electron chi connectivity index (χ2n) is 3.65. The van der Waals surface area contributed by atoms with E-state index in [1.807, 2.05) is 13.8 Å². The third-order valence-corrected chi connectivity index (χ3v) is 3.08. The Hall–Kier alpha value is -1.49. The van der Waals surface area contributed by atoms with Crippen molar-refractivity contribution in [3.05, 3.63) is 27.8 Å². The van der Waals surface area contributed by atoms with Crippen LogP contribution in [0.4, 0.5) is 0 Å². The minimum Gasteiger partial charge on any atom is -0.387 e. The van der Waals surface area contributed by atoms with Crippen LogP contribution in [-0.2, 0) is 0 Å². The highest BCUT2D eigenvalue weighted by Crippen LogP contribution is 2.31. The van der Waals surface area contributed by atoms with E-state index in [0.717, 1.165) is 11.1 Å². The van der Waals surface area contributed by atoms with Gasteiger partial charge in [0.15, 0.2) is 0 Å². The highest BCUT2D eigenvalue weighted by Gasteiger charge is 2.13. The van der Waals surface area contributed by atoms with E-state index in [0.29, 0.717) is 5.75 Å². The molecule has 0 saturated carbocycles. The van der Waals surface area contributed by atoms with Gasteiger partial charge in [-0.1, -0.05) is 0 Å². The molecule has 0 heterocycles. The van der Waals surface area contributed by atoms with E-state index in [-0.39, 0.29) is 0 Å². The molecule has 0 bridgehead atoms. The molecule has 0 aliphatic carbocycles. The molecule has 74 valence electrons. The zero-order valence-electron chi connectivity index (χ0n) is 9.36. The van der Waals surface area contributed by atoms with Gasteiger partial charge in [-0.25, -0.2) is 0 Å². The third kappa shape index (κ3) is 1.46. The molecule has 0 radical (unpaired) electrons. The number of hydrogen-bond acceptors (Lipinski definition) is 2. The largest absolute Gasteiger partial charge is 0.387 e. The fraction of sp³-hybridized carbons (Fsp3) is 0.417. The van der Waals surface area contributed by atoms with Crippen LogP contribution in [-0.4, -0.2) is 0 Å². The van der Waals surface area contributed by atoms with Gasteiger partial charge in [-0.15, -0.1) is 5.26 Å². The summed E-state index contributed by atoms with van der Waals surface area (Å²) in [4.78, 5) is 0. The van der Waals surface area contributed by atoms with Crippen LogP contribution in [0.3, 0.4) is 0 Å². The summed E-state index contributed by atoms with van der Waals surface area (Å²) in [5.41, 5.74) is 5.82. The van der Waals surface area contributed by atoms with Crippen molar-refractivity contribution in [1.82, 2.24) is 0 Å². The summed E-state index contributed by atoms with van der Waals surface area (Å²) in [7, 11) is 0. The lowest BCUT2D eigenvalue weighted by Crippen LogP contribution is -1.99. The fourth-order valence-electron chi connectivity index (χ4n) is 1.66. The molecule has 2 heteroatoms. The Morgan fingerprint density at radius 3 is 1.50 bits per heavy atom. The first kappa shape index (κ1) is 10.6. The molecule has 0 spiro atoms. The molecule has 0 N–H and O–H groups in total. The van der Waals surface area contributed by atoms with E-state index < -0.39 is 0 Å². The molecule has 0 fully saturated rings. The Morgan fingerprint density at radius 2 is 1.14 bits per heavy atom. The summed E-state index contributed by atoms with van der Waals surface area (Å²) >= 11 is 0. The topological polar surface area (TPSA) is 33.0 Å². The zero-order valence-corrected chi connectivity index (χ0v) is 9.36. The Kier molecular flexibility index (Phi) is 2.81. The predicted molar refractivity (Wildman–Crippen MR) is 56.4 cm³/mol. The molecular formula is C12H15NO. The molecule has 0 aliphatic heterocycles. The van der Waals surface area contributed by atoms with Crippen molar-refractivity contribution in [2.45, 2.75) is 34.6 Å². The van der Waals surface area contributed by atoms with Crippen molar-refractivity contribution in [2.24, 2.45) is 0 Å². The second kappa shape index (κ2) is 3.71. The van der Waals surface area contributed by atoms with Gasteiger partial charge < -0.3 is 4.74 Å². The van der Waals surface area contributed by atoms with Gasteiger partial charge in [0.1, 0.15) is 5.75 Å². The summed E-state index contributed by atoms with van der Waals surface area (Å²) < 4.78 is 4.99. The highest BCUT2D eigenvalue weighted by molar-refractivity contribution is 5.53. The average Bonchev–Trinajstić information content (AvgIpc) is 2.19. The number of hydrogen-bond donors (Lipinski definition) is 0. The molecule has 0 saturated heterocycles. The van der Waals surface area contributed by atoms with Crippen LogP contribution in [0, 0.1) is 46.1 Å². The Morgan fingerprint density at radius 1 is 0.786 bits per heavy atom. The quantitative estimate of drug-likeness (QED) is 0.636. The van der Waals surface area contributed by atoms with Crippen LogP contribution in [0.5, 0.6) is 5.75 Å². The predicted octanol–water partition coefficient (Wildman–Crippen LogP) is 3.09. The summed E-state index contributed by atoms with van der Waals surface area (Å²) in [6.07, 6.45) is 1.74. The van der Waals surface area contributed by atoms with Crippen LogP contribution in [0.2, 0.25) is 0 Å². The van der Waals surface area contributed by atoms with Crippen molar-refractivity contribution in [3.63, 3.8) is 0 Å². The lowest BCUT2D eigenvalue weighted by molar-refractivity contribution is 0.497. The van der Waals surface area contributed by atoms with Gasteiger partial charge in [0, 0.05) is 0 Å². The molecular weight excluding hydrogens is 174 g/mol. The number of ether oxygens (including phenoxy) is 1. The third-order valence-electron chi connectivity index (χ3n) is 3.08. The van der Waals surface area contributed by atoms with E-state index in [9.17, 15) is 0 Å². The molecule has 0 aliphatic rings. The van der Waals surface area contributed by atoms with E-state index in [1.54, 1.807) is 6.26 Å². The van der Waals surface area contributed by atoms with Gasteiger partial charge >= 0.3 is 0 Å². The lowest BCUT2D eigenvalue weighted by atomic mass is 9.94. The van der Waals surface area contributed by atoms with Crippen LogP contribution < -0.4 is 4.74 Å². The first-order valence-electron chi connectivity index (χ1n) is 4.63. The number of benzene rings is 1. The van der Waals surface area contributed by atoms with Gasteiger partial charge in [-0.05, 0) is 62.4 Å². The molecule has 1 aromatic rings. The molecule has 2 nitrogen and oxygen atoms in total. The Bertz CT molecular complexity index is 384. The van der Waals surface area contributed by atoms with Gasteiger partial charge in [0.05, 0.1) is 0 Å². The Balaban J connectivity index is 3.53. The molecule has 0 amide bonds. The summed E-state index contributed by atoms with van der Waals surface area (Å²) in [5.74, 6) is 0.716. The van der Waals surface area contributed by atoms with E-state index in [4.69, 9.17) is 10.00 Å². The summed E-state index contributed by atoms with van der Waals surface area (Å²) in [6, 6.07) is 0. The summed E-state index contributed by atoms with van der Waals surface area (Å²) in [6.45, 7) is 10.2. The minimum atomic E-state index is 0.716. The molecule has 14 heavy (non-hydrogen) atoms. The van der Waals surface area contributed by atoms with Crippen LogP contribution in [0.15, 0.2) is 0 Å². The first-order valence-corrected chi connectivity index (χ1v) is 4.63. The standard InChI is InChI=1S/C12H15NO/c1-7-8(2)10(4)12(14-6-13)11(5)9(7)3/h1-5H3. The Labute approximate surface area is 85.1 Å². The summed E-state index contributed by atoms with van der Waals surface area (Å²) in [5, 5.41) is 8.55. The van der Waals surface area contributed by atoms with Crippen molar-refractivity contribution < 1.29 is 4.74 Å². The lowest BCUT2D eigenvalue weighted by Gasteiger charge is -2.15. The van der Waals surface area contributed by atoms with Crippen molar-refractivity contribution in [2.75, 3.05) is 0 Å². The van der Waals surface area contributed by atoms with Gasteiger partial charge in [0.2, 0.25) is 0 Å². The molecule has 0 unspecified atom stereocenters. The molecule has 1 aromatic carbocycles. The van der Waals surface area contributed by atoms with Gasteiger partial charge in [-0.3, -0.25) is 0 Å². The maximum atomic E-state index is 8.55. The fourth-order valence-corrected chi connectivity index (χ4v) is 1.66. The maximum Gasteiger partial charge on any atom is 0.292 e. The smallest absolute Gasteiger partial charge is 0.292 e. The number of nitrogens with zero attached hydrogens (tertiary/aromatic N) is 1. The monoisotopic (exact) mass is 189 g/mol. The van der Waals surface area contributed by atoms with E-state index in [2.05, 4.69) is 20.8 Å². The van der Waals surface area contributed by atoms with Crippen molar-refractivity contribution >= 4 is 0 Å². The van der Waals surface area contributed by atoms with Crippen LogP contribution in [0.1, 0.15) is 27.8 Å². The van der Waals surface area contributed by atoms with Crippen molar-refractivity contribution in [1.29, 1.82) is 5.26 Å². The van der Waals surface area contributed by atoms with Crippen LogP contribution in [0.25, 0.3) is 0 Å². The number of nitriles is 1. The number of rotatable bonds is 1. The van der Waals surface area contributed by atoms with E-state index in [1.165, 1.54) is 16.7 Å². The van der Waals surface area contributed by atoms with Crippen molar-refractivity contribution in [3.8, 4) is 12.0 Å². The molecule has 0 aromatic heterocycles. The second-order valence-corrected chi connectivity index (χ2v) is 3.65. The van der Waals surface area contributed by atoms with E-state index >= 15 is 0 Å². The average molecular weight is 189 g/mol. The first-order chi connectivity index (χ1) is 6.50. The SMILES string of the molecule is Cc1c(C)c(C)c(OC#N)c(C)c1C.